The third kappa shape index (κ3) is 2.82. The number of benzene rings is 1. The third-order valence-corrected chi connectivity index (χ3v) is 3.28. The van der Waals surface area contributed by atoms with Gasteiger partial charge in [-0.3, -0.25) is 0 Å². The van der Waals surface area contributed by atoms with Crippen molar-refractivity contribution >= 4 is 6.09 Å². The number of ether oxygens (including phenoxy) is 1. The van der Waals surface area contributed by atoms with Crippen molar-refractivity contribution < 1.29 is 9.53 Å². The van der Waals surface area contributed by atoms with Crippen LogP contribution in [0.4, 0.5) is 4.79 Å². The van der Waals surface area contributed by atoms with E-state index in [0.29, 0.717) is 19.6 Å². The van der Waals surface area contributed by atoms with Crippen molar-refractivity contribution in [2.75, 3.05) is 19.6 Å². The molecule has 0 spiro atoms. The Labute approximate surface area is 108 Å². The molecule has 1 amide bonds. The van der Waals surface area contributed by atoms with Gasteiger partial charge in [0.15, 0.2) is 0 Å². The van der Waals surface area contributed by atoms with E-state index in [0.717, 1.165) is 18.4 Å². The van der Waals surface area contributed by atoms with Gasteiger partial charge in [0.25, 0.3) is 0 Å². The average Bonchev–Trinajstić information content (AvgIpc) is 2.78. The van der Waals surface area contributed by atoms with Gasteiger partial charge in [0.2, 0.25) is 0 Å². The lowest BCUT2D eigenvalue weighted by Gasteiger charge is -2.11. The highest BCUT2D eigenvalue weighted by Gasteiger charge is 2.31. The fourth-order valence-corrected chi connectivity index (χ4v) is 2.11. The first kappa shape index (κ1) is 12.9. The Kier molecular flexibility index (Phi) is 4.20. The van der Waals surface area contributed by atoms with Gasteiger partial charge in [0, 0.05) is 6.54 Å². The Balaban J connectivity index is 2.00. The summed E-state index contributed by atoms with van der Waals surface area (Å²) in [6, 6.07) is 8.27. The van der Waals surface area contributed by atoms with E-state index in [1.165, 1.54) is 5.56 Å². The van der Waals surface area contributed by atoms with Crippen LogP contribution in [0.2, 0.25) is 0 Å². The zero-order valence-electron chi connectivity index (χ0n) is 10.8. The standard InChI is InChI=1S/C14H20N2O2/c1-2-11-4-6-12(7-5-11)13-10-16(9-3-8-15)14(17)18-13/h4-7,13H,2-3,8-10,15H2,1H3. The molecule has 4 nitrogen and oxygen atoms in total. The zero-order chi connectivity index (χ0) is 13.0. The zero-order valence-corrected chi connectivity index (χ0v) is 10.8. The molecular weight excluding hydrogens is 228 g/mol. The summed E-state index contributed by atoms with van der Waals surface area (Å²) >= 11 is 0. The van der Waals surface area contributed by atoms with Gasteiger partial charge in [-0.25, -0.2) is 4.79 Å². The van der Waals surface area contributed by atoms with E-state index in [9.17, 15) is 4.79 Å². The fourth-order valence-electron chi connectivity index (χ4n) is 2.11. The Morgan fingerprint density at radius 3 is 2.72 bits per heavy atom. The van der Waals surface area contributed by atoms with Crippen LogP contribution in [0, 0.1) is 0 Å². The van der Waals surface area contributed by atoms with Crippen LogP contribution in [-0.2, 0) is 11.2 Å². The monoisotopic (exact) mass is 248 g/mol. The van der Waals surface area contributed by atoms with Crippen molar-refractivity contribution in [3.8, 4) is 0 Å². The Morgan fingerprint density at radius 1 is 1.39 bits per heavy atom. The highest BCUT2D eigenvalue weighted by atomic mass is 16.6. The minimum atomic E-state index is -0.229. The Bertz CT molecular complexity index is 403. The van der Waals surface area contributed by atoms with E-state index in [1.807, 2.05) is 12.1 Å². The van der Waals surface area contributed by atoms with Crippen LogP contribution in [0.5, 0.6) is 0 Å². The van der Waals surface area contributed by atoms with Crippen LogP contribution in [0.25, 0.3) is 0 Å². The first-order valence-electron chi connectivity index (χ1n) is 6.49. The van der Waals surface area contributed by atoms with Crippen LogP contribution < -0.4 is 5.73 Å². The minimum absolute atomic E-state index is 0.138. The summed E-state index contributed by atoms with van der Waals surface area (Å²) in [5, 5.41) is 0. The van der Waals surface area contributed by atoms with Gasteiger partial charge in [-0.05, 0) is 30.5 Å². The molecule has 2 rings (SSSR count). The maximum absolute atomic E-state index is 11.6. The summed E-state index contributed by atoms with van der Waals surface area (Å²) in [7, 11) is 0. The summed E-state index contributed by atoms with van der Waals surface area (Å²) in [6.07, 6.45) is 1.47. The lowest BCUT2D eigenvalue weighted by molar-refractivity contribution is 0.132. The second kappa shape index (κ2) is 5.87. The molecule has 0 aromatic heterocycles. The molecule has 2 N–H and O–H groups in total. The SMILES string of the molecule is CCc1ccc(C2CN(CCCN)C(=O)O2)cc1. The summed E-state index contributed by atoms with van der Waals surface area (Å²) in [6.45, 7) is 4.03. The van der Waals surface area contributed by atoms with E-state index in [2.05, 4.69) is 19.1 Å². The minimum Gasteiger partial charge on any atom is -0.439 e. The third-order valence-electron chi connectivity index (χ3n) is 3.28. The summed E-state index contributed by atoms with van der Waals surface area (Å²) in [4.78, 5) is 13.4. The van der Waals surface area contributed by atoms with Gasteiger partial charge in [-0.2, -0.15) is 0 Å². The normalized spacial score (nSPS) is 19.1. The van der Waals surface area contributed by atoms with Gasteiger partial charge in [0.05, 0.1) is 6.54 Å². The highest BCUT2D eigenvalue weighted by molar-refractivity contribution is 5.70. The predicted octanol–water partition coefficient (Wildman–Crippen LogP) is 2.09. The van der Waals surface area contributed by atoms with Crippen molar-refractivity contribution in [1.82, 2.24) is 4.90 Å². The maximum atomic E-state index is 11.6. The Hall–Kier alpha value is -1.55. The molecule has 0 aliphatic carbocycles. The van der Waals surface area contributed by atoms with E-state index >= 15 is 0 Å². The smallest absolute Gasteiger partial charge is 0.410 e. The number of amides is 1. The number of aryl methyl sites for hydroxylation is 1. The lowest BCUT2D eigenvalue weighted by Crippen LogP contribution is -2.27. The number of nitrogens with zero attached hydrogens (tertiary/aromatic N) is 1. The molecule has 0 bridgehead atoms. The molecule has 1 aromatic carbocycles. The largest absolute Gasteiger partial charge is 0.439 e. The van der Waals surface area contributed by atoms with Crippen LogP contribution in [-0.4, -0.2) is 30.6 Å². The molecule has 18 heavy (non-hydrogen) atoms. The molecule has 4 heteroatoms. The van der Waals surface area contributed by atoms with Gasteiger partial charge in [-0.1, -0.05) is 31.2 Å². The summed E-state index contributed by atoms with van der Waals surface area (Å²) in [5.74, 6) is 0. The molecule has 0 radical (unpaired) electrons. The number of nitrogens with two attached hydrogens (primary N) is 1. The van der Waals surface area contributed by atoms with Crippen LogP contribution in [0.1, 0.15) is 30.6 Å². The number of hydrogen-bond donors (Lipinski definition) is 1. The molecular formula is C14H20N2O2. The summed E-state index contributed by atoms with van der Waals surface area (Å²) < 4.78 is 5.38. The number of rotatable bonds is 5. The molecule has 0 saturated carbocycles. The van der Waals surface area contributed by atoms with E-state index in [-0.39, 0.29) is 12.2 Å². The van der Waals surface area contributed by atoms with Crippen molar-refractivity contribution in [3.05, 3.63) is 35.4 Å². The molecule has 1 aliphatic heterocycles. The average molecular weight is 248 g/mol. The number of carbonyl (C=O) groups is 1. The van der Waals surface area contributed by atoms with Crippen LogP contribution in [0.15, 0.2) is 24.3 Å². The highest BCUT2D eigenvalue weighted by Crippen LogP contribution is 2.26. The van der Waals surface area contributed by atoms with Crippen LogP contribution >= 0.6 is 0 Å². The second-order valence-corrected chi connectivity index (χ2v) is 4.56. The van der Waals surface area contributed by atoms with Gasteiger partial charge in [-0.15, -0.1) is 0 Å². The van der Waals surface area contributed by atoms with Crippen molar-refractivity contribution in [3.63, 3.8) is 0 Å². The molecule has 1 saturated heterocycles. The molecule has 1 unspecified atom stereocenters. The number of hydrogen-bond acceptors (Lipinski definition) is 3. The van der Waals surface area contributed by atoms with Gasteiger partial charge in [0.1, 0.15) is 6.10 Å². The lowest BCUT2D eigenvalue weighted by atomic mass is 10.1. The molecule has 1 aliphatic rings. The predicted molar refractivity (Wildman–Crippen MR) is 70.3 cm³/mol. The number of cyclic esters (lactones) is 1. The second-order valence-electron chi connectivity index (χ2n) is 4.56. The van der Waals surface area contributed by atoms with Crippen molar-refractivity contribution in [1.29, 1.82) is 0 Å². The van der Waals surface area contributed by atoms with Crippen LogP contribution in [0.3, 0.4) is 0 Å². The molecule has 1 aromatic rings. The van der Waals surface area contributed by atoms with E-state index in [4.69, 9.17) is 10.5 Å². The van der Waals surface area contributed by atoms with E-state index < -0.39 is 0 Å². The Morgan fingerprint density at radius 2 is 2.11 bits per heavy atom. The topological polar surface area (TPSA) is 55.6 Å². The molecule has 1 atom stereocenters. The first-order chi connectivity index (χ1) is 8.74. The maximum Gasteiger partial charge on any atom is 0.410 e. The van der Waals surface area contributed by atoms with Crippen molar-refractivity contribution in [2.45, 2.75) is 25.9 Å². The van der Waals surface area contributed by atoms with Crippen molar-refractivity contribution in [2.24, 2.45) is 5.73 Å². The van der Waals surface area contributed by atoms with Gasteiger partial charge >= 0.3 is 6.09 Å². The quantitative estimate of drug-likeness (QED) is 0.868. The molecule has 98 valence electrons. The molecule has 1 heterocycles. The van der Waals surface area contributed by atoms with E-state index in [1.54, 1.807) is 4.90 Å². The van der Waals surface area contributed by atoms with Gasteiger partial charge < -0.3 is 15.4 Å². The summed E-state index contributed by atoms with van der Waals surface area (Å²) in [5.41, 5.74) is 7.81. The molecule has 1 fully saturated rings. The number of carbonyl (C=O) groups excluding carboxylic acids is 1. The first-order valence-corrected chi connectivity index (χ1v) is 6.49. The fraction of sp³-hybridized carbons (Fsp3) is 0.500.